The highest BCUT2D eigenvalue weighted by molar-refractivity contribution is 7.99. The van der Waals surface area contributed by atoms with Crippen LogP contribution in [-0.2, 0) is 10.5 Å². The van der Waals surface area contributed by atoms with Crippen LogP contribution in [0.25, 0.3) is 0 Å². The van der Waals surface area contributed by atoms with Crippen molar-refractivity contribution in [2.24, 2.45) is 0 Å². The van der Waals surface area contributed by atoms with Crippen molar-refractivity contribution in [1.29, 1.82) is 0 Å². The molecule has 0 spiro atoms. The van der Waals surface area contributed by atoms with Crippen molar-refractivity contribution in [2.75, 3.05) is 11.1 Å². The molecule has 2 rings (SSSR count). The minimum absolute atomic E-state index is 0.106. The molecule has 1 aromatic heterocycles. The molecular formula is C12H12ClN3O2S. The second-order valence-corrected chi connectivity index (χ2v) is 5.26. The Morgan fingerprint density at radius 1 is 1.32 bits per heavy atom. The van der Waals surface area contributed by atoms with Gasteiger partial charge in [0.05, 0.1) is 5.75 Å². The highest BCUT2D eigenvalue weighted by Crippen LogP contribution is 2.15. The van der Waals surface area contributed by atoms with E-state index in [0.717, 1.165) is 5.69 Å². The molecule has 0 bridgehead atoms. The molecule has 1 aromatic carbocycles. The quantitative estimate of drug-likeness (QED) is 0.792. The average Bonchev–Trinajstić information content (AvgIpc) is 2.75. The van der Waals surface area contributed by atoms with Crippen LogP contribution >= 0.6 is 23.4 Å². The van der Waals surface area contributed by atoms with Gasteiger partial charge in [-0.1, -0.05) is 17.7 Å². The number of rotatable bonds is 5. The van der Waals surface area contributed by atoms with E-state index in [1.54, 1.807) is 24.3 Å². The molecule has 100 valence electrons. The molecule has 3 N–H and O–H groups in total. The van der Waals surface area contributed by atoms with E-state index in [1.807, 2.05) is 0 Å². The van der Waals surface area contributed by atoms with Gasteiger partial charge in [-0.2, -0.15) is 0 Å². The van der Waals surface area contributed by atoms with Crippen LogP contribution in [-0.4, -0.2) is 21.9 Å². The molecule has 0 aliphatic heterocycles. The van der Waals surface area contributed by atoms with Crippen LogP contribution in [0.3, 0.4) is 0 Å². The summed E-state index contributed by atoms with van der Waals surface area (Å²) in [6.45, 7) is 0. The number of aromatic nitrogens is 2. The lowest BCUT2D eigenvalue weighted by Gasteiger charge is -2.04. The molecular weight excluding hydrogens is 286 g/mol. The molecule has 0 radical (unpaired) electrons. The van der Waals surface area contributed by atoms with Crippen LogP contribution in [0, 0.1) is 0 Å². The molecule has 7 heteroatoms. The van der Waals surface area contributed by atoms with E-state index in [0.29, 0.717) is 22.2 Å². The van der Waals surface area contributed by atoms with Gasteiger partial charge in [-0.3, -0.25) is 14.7 Å². The van der Waals surface area contributed by atoms with E-state index in [9.17, 15) is 9.59 Å². The zero-order valence-electron chi connectivity index (χ0n) is 9.90. The van der Waals surface area contributed by atoms with Gasteiger partial charge in [-0.05, 0) is 18.2 Å². The van der Waals surface area contributed by atoms with Crippen LogP contribution in [0.5, 0.6) is 0 Å². The fourth-order valence-corrected chi connectivity index (χ4v) is 2.39. The average molecular weight is 298 g/mol. The molecule has 0 aliphatic carbocycles. The van der Waals surface area contributed by atoms with Crippen molar-refractivity contribution in [2.45, 2.75) is 5.75 Å². The fourth-order valence-electron chi connectivity index (χ4n) is 1.47. The van der Waals surface area contributed by atoms with Crippen LogP contribution < -0.4 is 10.9 Å². The summed E-state index contributed by atoms with van der Waals surface area (Å²) < 4.78 is 0. The number of benzene rings is 1. The number of carbonyl (C=O) groups excluding carboxylic acids is 1. The van der Waals surface area contributed by atoms with E-state index in [1.165, 1.54) is 17.8 Å². The first-order valence-corrected chi connectivity index (χ1v) is 7.06. The summed E-state index contributed by atoms with van der Waals surface area (Å²) in [6.07, 6.45) is 0. The Bertz CT molecular complexity index is 623. The highest BCUT2D eigenvalue weighted by Gasteiger charge is 2.04. The predicted molar refractivity (Wildman–Crippen MR) is 77.7 cm³/mol. The van der Waals surface area contributed by atoms with E-state index in [4.69, 9.17) is 11.6 Å². The number of H-pyrrole nitrogens is 2. The Labute approximate surface area is 118 Å². The third kappa shape index (κ3) is 4.50. The van der Waals surface area contributed by atoms with Crippen LogP contribution in [0.2, 0.25) is 5.02 Å². The van der Waals surface area contributed by atoms with Crippen LogP contribution in [0.15, 0.2) is 35.1 Å². The lowest BCUT2D eigenvalue weighted by Crippen LogP contribution is -2.14. The van der Waals surface area contributed by atoms with Gasteiger partial charge in [0, 0.05) is 28.2 Å². The number of hydrogen-bond acceptors (Lipinski definition) is 3. The molecule has 0 fully saturated rings. The van der Waals surface area contributed by atoms with Gasteiger partial charge in [0.1, 0.15) is 0 Å². The lowest BCUT2D eigenvalue weighted by atomic mass is 10.3. The van der Waals surface area contributed by atoms with Crippen molar-refractivity contribution in [1.82, 2.24) is 10.2 Å². The Balaban J connectivity index is 1.77. The maximum Gasteiger partial charge on any atom is 0.264 e. The normalized spacial score (nSPS) is 10.4. The summed E-state index contributed by atoms with van der Waals surface area (Å²) in [4.78, 5) is 22.5. The van der Waals surface area contributed by atoms with E-state index in [-0.39, 0.29) is 11.5 Å². The zero-order valence-corrected chi connectivity index (χ0v) is 11.5. The first kappa shape index (κ1) is 13.8. The topological polar surface area (TPSA) is 77.8 Å². The standard InChI is InChI=1S/C12H12ClN3O2S/c13-8-2-1-3-9(4-8)14-12(18)7-19-6-10-5-11(17)16-15-10/h1-5H,6-7H2,(H,14,18)(H2,15,16,17). The second kappa shape index (κ2) is 6.49. The molecule has 0 atom stereocenters. The lowest BCUT2D eigenvalue weighted by molar-refractivity contribution is -0.113. The van der Waals surface area contributed by atoms with E-state index in [2.05, 4.69) is 15.5 Å². The van der Waals surface area contributed by atoms with Gasteiger partial charge in [-0.25, -0.2) is 0 Å². The van der Waals surface area contributed by atoms with Crippen LogP contribution in [0.1, 0.15) is 5.69 Å². The Hall–Kier alpha value is -1.66. The molecule has 1 heterocycles. The van der Waals surface area contributed by atoms with Crippen molar-refractivity contribution in [3.05, 3.63) is 51.4 Å². The van der Waals surface area contributed by atoms with Crippen molar-refractivity contribution in [3.8, 4) is 0 Å². The Morgan fingerprint density at radius 2 is 2.16 bits per heavy atom. The monoisotopic (exact) mass is 297 g/mol. The maximum atomic E-state index is 11.7. The summed E-state index contributed by atoms with van der Waals surface area (Å²) in [5.74, 6) is 0.770. The van der Waals surface area contributed by atoms with E-state index < -0.39 is 0 Å². The van der Waals surface area contributed by atoms with Gasteiger partial charge in [0.15, 0.2) is 0 Å². The number of halogens is 1. The summed E-state index contributed by atoms with van der Waals surface area (Å²) in [5.41, 5.74) is 1.28. The van der Waals surface area contributed by atoms with Gasteiger partial charge in [0.2, 0.25) is 5.91 Å². The number of thioether (sulfide) groups is 1. The molecule has 2 aromatic rings. The van der Waals surface area contributed by atoms with E-state index >= 15 is 0 Å². The zero-order chi connectivity index (χ0) is 13.7. The third-order valence-electron chi connectivity index (χ3n) is 2.25. The largest absolute Gasteiger partial charge is 0.325 e. The summed E-state index contributed by atoms with van der Waals surface area (Å²) in [5, 5.41) is 8.50. The van der Waals surface area contributed by atoms with Gasteiger partial charge in [0.25, 0.3) is 5.56 Å². The number of anilines is 1. The minimum atomic E-state index is -0.168. The Morgan fingerprint density at radius 3 is 2.84 bits per heavy atom. The fraction of sp³-hybridized carbons (Fsp3) is 0.167. The van der Waals surface area contributed by atoms with Gasteiger partial charge < -0.3 is 10.4 Å². The maximum absolute atomic E-state index is 11.7. The number of nitrogens with one attached hydrogen (secondary N) is 3. The molecule has 0 aliphatic rings. The van der Waals surface area contributed by atoms with Crippen LogP contribution in [0.4, 0.5) is 5.69 Å². The number of aromatic amines is 2. The van der Waals surface area contributed by atoms with Crippen molar-refractivity contribution >= 4 is 35.0 Å². The van der Waals surface area contributed by atoms with Crippen molar-refractivity contribution < 1.29 is 4.79 Å². The molecule has 5 nitrogen and oxygen atoms in total. The van der Waals surface area contributed by atoms with Gasteiger partial charge in [-0.15, -0.1) is 11.8 Å². The molecule has 19 heavy (non-hydrogen) atoms. The molecule has 0 saturated heterocycles. The highest BCUT2D eigenvalue weighted by atomic mass is 35.5. The molecule has 0 unspecified atom stereocenters. The van der Waals surface area contributed by atoms with Gasteiger partial charge >= 0.3 is 0 Å². The first-order valence-electron chi connectivity index (χ1n) is 5.53. The molecule has 0 saturated carbocycles. The minimum Gasteiger partial charge on any atom is -0.325 e. The second-order valence-electron chi connectivity index (χ2n) is 3.84. The summed E-state index contributed by atoms with van der Waals surface area (Å²) in [6, 6.07) is 8.46. The smallest absolute Gasteiger partial charge is 0.264 e. The number of hydrogen-bond donors (Lipinski definition) is 3. The molecule has 1 amide bonds. The summed E-state index contributed by atoms with van der Waals surface area (Å²) >= 11 is 7.24. The summed E-state index contributed by atoms with van der Waals surface area (Å²) in [7, 11) is 0. The third-order valence-corrected chi connectivity index (χ3v) is 3.47. The number of carbonyl (C=O) groups is 1. The SMILES string of the molecule is O=C(CSCc1cc(=O)[nH][nH]1)Nc1cccc(Cl)c1. The first-order chi connectivity index (χ1) is 9.13. The van der Waals surface area contributed by atoms with Crippen molar-refractivity contribution in [3.63, 3.8) is 0 Å². The predicted octanol–water partition coefficient (Wildman–Crippen LogP) is 2.23. The Kier molecular flexibility index (Phi) is 4.70. The number of amides is 1.